The van der Waals surface area contributed by atoms with E-state index in [4.69, 9.17) is 0 Å². The lowest BCUT2D eigenvalue weighted by molar-refractivity contribution is 1.40. The number of rotatable bonds is 9. The van der Waals surface area contributed by atoms with E-state index in [9.17, 15) is 0 Å². The Balaban J connectivity index is 1.36. The van der Waals surface area contributed by atoms with Crippen LogP contribution in [0.15, 0.2) is 206 Å². The Morgan fingerprint density at radius 1 is 0.250 bits per heavy atom. The van der Waals surface area contributed by atoms with E-state index in [2.05, 4.69) is 220 Å². The Kier molecular flexibility index (Phi) is 10.0. The second-order valence-corrected chi connectivity index (χ2v) is 17.4. The molecule has 0 radical (unpaired) electrons. The zero-order chi connectivity index (χ0) is 35.3. The predicted octanol–water partition coefficient (Wildman–Crippen LogP) is 10.8. The summed E-state index contributed by atoms with van der Waals surface area (Å²) >= 11 is 0. The van der Waals surface area contributed by atoms with E-state index in [1.165, 1.54) is 76.3 Å². The minimum Gasteiger partial charge on any atom is -0.0622 e. The van der Waals surface area contributed by atoms with Crippen molar-refractivity contribution in [3.8, 4) is 33.4 Å². The zero-order valence-electron chi connectivity index (χ0n) is 29.5. The molecule has 0 fully saturated rings. The summed E-state index contributed by atoms with van der Waals surface area (Å²) in [6.45, 7) is 4.56. The maximum atomic E-state index is 2.36. The van der Waals surface area contributed by atoms with Gasteiger partial charge in [0.25, 0.3) is 0 Å². The van der Waals surface area contributed by atoms with Gasteiger partial charge in [-0.1, -0.05) is 206 Å². The summed E-state index contributed by atoms with van der Waals surface area (Å²) in [4.78, 5) is 0. The quantitative estimate of drug-likeness (QED) is 0.131. The van der Waals surface area contributed by atoms with Crippen LogP contribution in [-0.4, -0.2) is 0 Å². The number of aryl methyl sites for hydroxylation is 2. The summed E-state index contributed by atoms with van der Waals surface area (Å²) in [6, 6.07) is 76.1. The highest BCUT2D eigenvalue weighted by Crippen LogP contribution is 2.46. The highest BCUT2D eigenvalue weighted by atomic mass is 31.1. The van der Waals surface area contributed by atoms with E-state index < -0.39 is 15.8 Å². The van der Waals surface area contributed by atoms with Crippen LogP contribution in [0.5, 0.6) is 0 Å². The summed E-state index contributed by atoms with van der Waals surface area (Å²) in [5.41, 5.74) is 10.3. The van der Waals surface area contributed by atoms with E-state index >= 15 is 0 Å². The van der Waals surface area contributed by atoms with Crippen molar-refractivity contribution >= 4 is 47.7 Å². The molecule has 0 saturated heterocycles. The van der Waals surface area contributed by atoms with Crippen LogP contribution in [0.25, 0.3) is 33.4 Å². The van der Waals surface area contributed by atoms with Crippen molar-refractivity contribution in [2.24, 2.45) is 0 Å². The molecule has 250 valence electrons. The van der Waals surface area contributed by atoms with Gasteiger partial charge in [-0.25, -0.2) is 0 Å². The molecule has 0 aliphatic rings. The summed E-state index contributed by atoms with van der Waals surface area (Å²) in [6.07, 6.45) is 0. The van der Waals surface area contributed by atoms with Crippen LogP contribution in [0.3, 0.4) is 0 Å². The SMILES string of the molecule is Cc1cccc(-c2ccccc2P(c2ccccc2)c2ccccc2)c1-c1c(C)cccc1-c1ccccc1P(c1ccccc1)c1ccccc1. The molecule has 0 N–H and O–H groups in total. The Morgan fingerprint density at radius 3 is 0.846 bits per heavy atom. The molecule has 0 saturated carbocycles. The maximum Gasteiger partial charge on any atom is -0.00670 e. The molecule has 0 amide bonds. The van der Waals surface area contributed by atoms with Crippen LogP contribution < -0.4 is 31.8 Å². The monoisotopic (exact) mass is 702 g/mol. The number of hydrogen-bond donors (Lipinski definition) is 0. The molecule has 0 spiro atoms. The Morgan fingerprint density at radius 2 is 0.519 bits per heavy atom. The van der Waals surface area contributed by atoms with Crippen LogP contribution in [0.1, 0.15) is 11.1 Å². The summed E-state index contributed by atoms with van der Waals surface area (Å²) in [7, 11) is -1.61. The molecule has 0 nitrogen and oxygen atoms in total. The van der Waals surface area contributed by atoms with Gasteiger partial charge in [0.15, 0.2) is 0 Å². The number of hydrogen-bond acceptors (Lipinski definition) is 0. The first-order valence-corrected chi connectivity index (χ1v) is 20.6. The van der Waals surface area contributed by atoms with Gasteiger partial charge >= 0.3 is 0 Å². The van der Waals surface area contributed by atoms with E-state index in [1.54, 1.807) is 0 Å². The average Bonchev–Trinajstić information content (AvgIpc) is 3.20. The second kappa shape index (κ2) is 15.5. The van der Waals surface area contributed by atoms with Crippen LogP contribution in [0, 0.1) is 13.8 Å². The van der Waals surface area contributed by atoms with Crippen LogP contribution >= 0.6 is 15.8 Å². The van der Waals surface area contributed by atoms with Gasteiger partial charge in [-0.2, -0.15) is 0 Å². The average molecular weight is 703 g/mol. The Labute approximate surface area is 311 Å². The predicted molar refractivity (Wildman–Crippen MR) is 230 cm³/mol. The Bertz CT molecular complexity index is 2170. The molecule has 0 unspecified atom stereocenters. The maximum absolute atomic E-state index is 2.36. The van der Waals surface area contributed by atoms with Gasteiger partial charge in [-0.05, 0) is 106 Å². The van der Waals surface area contributed by atoms with Crippen LogP contribution in [0.4, 0.5) is 0 Å². The van der Waals surface area contributed by atoms with Crippen molar-refractivity contribution < 1.29 is 0 Å². The highest BCUT2D eigenvalue weighted by Gasteiger charge is 2.26. The van der Waals surface area contributed by atoms with Crippen molar-refractivity contribution in [1.82, 2.24) is 0 Å². The van der Waals surface area contributed by atoms with E-state index in [0.717, 1.165) is 0 Å². The summed E-state index contributed by atoms with van der Waals surface area (Å²) in [5.74, 6) is 0. The molecule has 0 bridgehead atoms. The van der Waals surface area contributed by atoms with Crippen LogP contribution in [0.2, 0.25) is 0 Å². The van der Waals surface area contributed by atoms with E-state index in [-0.39, 0.29) is 0 Å². The first-order valence-electron chi connectivity index (χ1n) is 17.9. The molecule has 0 aliphatic heterocycles. The molecule has 8 aromatic carbocycles. The van der Waals surface area contributed by atoms with Gasteiger partial charge in [0, 0.05) is 0 Å². The normalized spacial score (nSPS) is 11.2. The van der Waals surface area contributed by atoms with Crippen molar-refractivity contribution in [3.63, 3.8) is 0 Å². The van der Waals surface area contributed by atoms with Gasteiger partial charge in [0.1, 0.15) is 0 Å². The summed E-state index contributed by atoms with van der Waals surface area (Å²) in [5, 5.41) is 8.15. The van der Waals surface area contributed by atoms with Gasteiger partial charge in [0.2, 0.25) is 0 Å². The van der Waals surface area contributed by atoms with E-state index in [0.29, 0.717) is 0 Å². The smallest absolute Gasteiger partial charge is 0.00670 e. The third-order valence-corrected chi connectivity index (χ3v) is 14.7. The molecule has 0 aromatic heterocycles. The molecular formula is C50H40P2. The molecule has 0 heterocycles. The first-order chi connectivity index (χ1) is 25.7. The molecule has 8 rings (SSSR count). The van der Waals surface area contributed by atoms with Crippen molar-refractivity contribution in [3.05, 3.63) is 217 Å². The molecular weight excluding hydrogens is 662 g/mol. The first kappa shape index (κ1) is 33.7. The minimum absolute atomic E-state index is 0.803. The molecule has 2 heteroatoms. The fourth-order valence-electron chi connectivity index (χ4n) is 7.40. The fourth-order valence-corrected chi connectivity index (χ4v) is 12.3. The van der Waals surface area contributed by atoms with Gasteiger partial charge < -0.3 is 0 Å². The van der Waals surface area contributed by atoms with Crippen molar-refractivity contribution in [1.29, 1.82) is 0 Å². The molecule has 0 atom stereocenters. The second-order valence-electron chi connectivity index (χ2n) is 13.0. The van der Waals surface area contributed by atoms with Gasteiger partial charge in [-0.3, -0.25) is 0 Å². The minimum atomic E-state index is -0.803. The van der Waals surface area contributed by atoms with Crippen molar-refractivity contribution in [2.75, 3.05) is 0 Å². The van der Waals surface area contributed by atoms with Crippen LogP contribution in [-0.2, 0) is 0 Å². The van der Waals surface area contributed by atoms with Gasteiger partial charge in [-0.15, -0.1) is 0 Å². The van der Waals surface area contributed by atoms with E-state index in [1.807, 2.05) is 0 Å². The standard InChI is InChI=1S/C50H40P2/c1-37-21-19-33-45(43-31-15-17-35-47(43)51(39-23-7-3-8-24-39)40-25-9-4-10-26-40)49(37)50-38(2)22-20-34-46(50)44-32-16-18-36-48(44)52(41-27-11-5-12-28-41)42-29-13-6-14-30-42/h3-36H,1-2H3. The lowest BCUT2D eigenvalue weighted by Gasteiger charge is -2.26. The molecule has 52 heavy (non-hydrogen) atoms. The van der Waals surface area contributed by atoms with Gasteiger partial charge in [0.05, 0.1) is 0 Å². The third-order valence-electron chi connectivity index (χ3n) is 9.72. The highest BCUT2D eigenvalue weighted by molar-refractivity contribution is 7.80. The zero-order valence-corrected chi connectivity index (χ0v) is 31.3. The Hall–Kier alpha value is -5.38. The lowest BCUT2D eigenvalue weighted by Crippen LogP contribution is -2.22. The largest absolute Gasteiger partial charge is 0.0622 e. The third kappa shape index (κ3) is 6.69. The summed E-state index contributed by atoms with van der Waals surface area (Å²) < 4.78 is 0. The topological polar surface area (TPSA) is 0 Å². The van der Waals surface area contributed by atoms with Crippen molar-refractivity contribution in [2.45, 2.75) is 13.8 Å². The lowest BCUT2D eigenvalue weighted by atomic mass is 9.84. The molecule has 0 aliphatic carbocycles. The fraction of sp³-hybridized carbons (Fsp3) is 0.0400. The number of benzene rings is 8. The molecule has 8 aromatic rings.